The second-order valence-corrected chi connectivity index (χ2v) is 17.5. The van der Waals surface area contributed by atoms with Crippen LogP contribution in [0.3, 0.4) is 0 Å². The molecule has 48 heavy (non-hydrogen) atoms. The molecule has 0 aliphatic carbocycles. The van der Waals surface area contributed by atoms with Crippen LogP contribution in [0.2, 0.25) is 5.04 Å². The average Bonchev–Trinajstić information content (AvgIpc) is 3.11. The Labute approximate surface area is 288 Å². The van der Waals surface area contributed by atoms with Gasteiger partial charge in [-0.2, -0.15) is 0 Å². The highest BCUT2D eigenvalue weighted by atomic mass is 28.4. The molecule has 3 atom stereocenters. The fraction of sp³-hybridized carbons (Fsp3) is 0.366. The number of aliphatic hydroxyl groups excluding tert-OH is 1. The lowest BCUT2D eigenvalue weighted by molar-refractivity contribution is -0.0565. The molecule has 6 nitrogen and oxygen atoms in total. The molecule has 0 aliphatic heterocycles. The van der Waals surface area contributed by atoms with E-state index in [1.54, 1.807) is 20.3 Å². The summed E-state index contributed by atoms with van der Waals surface area (Å²) < 4.78 is 31.4. The predicted molar refractivity (Wildman–Crippen MR) is 197 cm³/mol. The van der Waals surface area contributed by atoms with Gasteiger partial charge >= 0.3 is 0 Å². The molecule has 0 bridgehead atoms. The Hall–Kier alpha value is -3.72. The number of hydrogen-bond acceptors (Lipinski definition) is 6. The molecule has 0 aliphatic rings. The van der Waals surface area contributed by atoms with Gasteiger partial charge in [-0.05, 0) is 50.8 Å². The van der Waals surface area contributed by atoms with Crippen molar-refractivity contribution < 1.29 is 28.5 Å². The lowest BCUT2D eigenvalue weighted by Crippen LogP contribution is -2.67. The van der Waals surface area contributed by atoms with Crippen molar-refractivity contribution in [3.63, 3.8) is 0 Å². The smallest absolute Gasteiger partial charge is 0.261 e. The second kappa shape index (κ2) is 18.2. The number of methoxy groups -OCH3 is 2. The van der Waals surface area contributed by atoms with E-state index in [-0.39, 0.29) is 29.8 Å². The molecule has 4 aromatic rings. The third-order valence-electron chi connectivity index (χ3n) is 8.80. The first-order valence-electron chi connectivity index (χ1n) is 16.7. The summed E-state index contributed by atoms with van der Waals surface area (Å²) in [6.45, 7) is 10.2. The highest BCUT2D eigenvalue weighted by molar-refractivity contribution is 6.99. The van der Waals surface area contributed by atoms with Gasteiger partial charge in [0.05, 0.1) is 52.9 Å². The Morgan fingerprint density at radius 2 is 1.17 bits per heavy atom. The summed E-state index contributed by atoms with van der Waals surface area (Å²) in [6.07, 6.45) is 3.92. The molecule has 0 aromatic heterocycles. The maximum Gasteiger partial charge on any atom is 0.261 e. The third kappa shape index (κ3) is 9.90. The van der Waals surface area contributed by atoms with E-state index in [1.165, 1.54) is 10.4 Å². The number of ether oxygens (including phenoxy) is 4. The third-order valence-corrected chi connectivity index (χ3v) is 13.8. The first kappa shape index (κ1) is 37.1. The van der Waals surface area contributed by atoms with Gasteiger partial charge in [0.15, 0.2) is 0 Å². The molecule has 0 saturated carbocycles. The highest BCUT2D eigenvalue weighted by Crippen LogP contribution is 2.37. The maximum atomic E-state index is 9.56. The summed E-state index contributed by atoms with van der Waals surface area (Å²) in [4.78, 5) is 0. The number of benzene rings is 4. The Bertz CT molecular complexity index is 1460. The quantitative estimate of drug-likeness (QED) is 0.0886. The average molecular weight is 669 g/mol. The maximum absolute atomic E-state index is 9.56. The Morgan fingerprint density at radius 3 is 1.60 bits per heavy atom. The van der Waals surface area contributed by atoms with E-state index in [2.05, 4.69) is 88.4 Å². The largest absolute Gasteiger partial charge is 0.497 e. The molecule has 4 rings (SSSR count). The first-order valence-corrected chi connectivity index (χ1v) is 18.6. The monoisotopic (exact) mass is 668 g/mol. The number of hydrogen-bond donors (Lipinski definition) is 1. The van der Waals surface area contributed by atoms with Crippen LogP contribution in [-0.4, -0.2) is 53.1 Å². The van der Waals surface area contributed by atoms with E-state index < -0.39 is 8.32 Å². The molecule has 1 N–H and O–H groups in total. The first-order chi connectivity index (χ1) is 23.2. The summed E-state index contributed by atoms with van der Waals surface area (Å²) in [5.74, 6) is 1.64. The minimum absolute atomic E-state index is 0.0235. The molecule has 0 amide bonds. The van der Waals surface area contributed by atoms with Crippen molar-refractivity contribution in [3.05, 3.63) is 132 Å². The highest BCUT2D eigenvalue weighted by Gasteiger charge is 2.50. The molecule has 256 valence electrons. The van der Waals surface area contributed by atoms with Gasteiger partial charge in [-0.15, -0.1) is 0 Å². The minimum atomic E-state index is -2.81. The summed E-state index contributed by atoms with van der Waals surface area (Å²) in [5.41, 5.74) is 2.11. The van der Waals surface area contributed by atoms with Crippen LogP contribution in [0.25, 0.3) is 0 Å². The van der Waals surface area contributed by atoms with Crippen LogP contribution in [0.5, 0.6) is 11.5 Å². The fourth-order valence-corrected chi connectivity index (χ4v) is 10.7. The summed E-state index contributed by atoms with van der Waals surface area (Å²) >= 11 is 0. The van der Waals surface area contributed by atoms with Crippen molar-refractivity contribution in [1.29, 1.82) is 0 Å². The van der Waals surface area contributed by atoms with Crippen LogP contribution >= 0.6 is 0 Å². The van der Waals surface area contributed by atoms with Crippen molar-refractivity contribution >= 4 is 18.7 Å². The van der Waals surface area contributed by atoms with Gasteiger partial charge in [0.25, 0.3) is 8.32 Å². The van der Waals surface area contributed by atoms with Crippen molar-refractivity contribution in [2.45, 2.75) is 64.6 Å². The molecular weight excluding hydrogens is 617 g/mol. The fourth-order valence-electron chi connectivity index (χ4n) is 6.12. The van der Waals surface area contributed by atoms with Crippen molar-refractivity contribution in [1.82, 2.24) is 0 Å². The van der Waals surface area contributed by atoms with E-state index in [9.17, 15) is 5.11 Å². The second-order valence-electron chi connectivity index (χ2n) is 13.2. The topological polar surface area (TPSA) is 66.4 Å². The van der Waals surface area contributed by atoms with Crippen molar-refractivity contribution in [2.24, 2.45) is 5.92 Å². The van der Waals surface area contributed by atoms with E-state index in [4.69, 9.17) is 23.4 Å². The molecule has 0 saturated heterocycles. The van der Waals surface area contributed by atoms with Crippen LogP contribution in [0.4, 0.5) is 0 Å². The van der Waals surface area contributed by atoms with Gasteiger partial charge < -0.3 is 28.5 Å². The van der Waals surface area contributed by atoms with Gasteiger partial charge in [0.1, 0.15) is 11.5 Å². The van der Waals surface area contributed by atoms with Crippen LogP contribution in [-0.2, 0) is 27.1 Å². The normalized spacial score (nSPS) is 14.1. The standard InChI is InChI=1S/C41H52O6Si/c1-32(14-13-27-42)40(46-30-34-21-25-36(44-6)26-22-34)28-37(45-29-33-19-23-35(43-5)24-20-33)31-47-48(41(2,3)4,38-15-9-7-10-16-38)39-17-11-8-12-18-39/h7-26,32,37,40,42H,27-31H2,1-6H3/b14-13+/t32-,37-,40-/m1/s1. The SMILES string of the molecule is COc1ccc(CO[C@@H](CO[Si](c2ccccc2)(c2ccccc2)C(C)(C)C)C[C@@H](OCc2ccc(OC)cc2)[C@H](C)/C=C/CO)cc1. The van der Waals surface area contributed by atoms with Crippen LogP contribution in [0.15, 0.2) is 121 Å². The molecule has 0 heterocycles. The number of rotatable bonds is 18. The van der Waals surface area contributed by atoms with E-state index in [0.717, 1.165) is 22.6 Å². The van der Waals surface area contributed by atoms with Crippen molar-refractivity contribution in [3.8, 4) is 11.5 Å². The van der Waals surface area contributed by atoms with E-state index >= 15 is 0 Å². The van der Waals surface area contributed by atoms with Crippen molar-refractivity contribution in [2.75, 3.05) is 27.4 Å². The zero-order chi connectivity index (χ0) is 34.4. The van der Waals surface area contributed by atoms with Crippen LogP contribution in [0, 0.1) is 5.92 Å². The Balaban J connectivity index is 1.67. The number of aliphatic hydroxyl groups is 1. The molecule has 0 radical (unpaired) electrons. The summed E-state index contributed by atoms with van der Waals surface area (Å²) in [6, 6.07) is 37.3. The van der Waals surface area contributed by atoms with Gasteiger partial charge in [-0.1, -0.05) is 125 Å². The Morgan fingerprint density at radius 1 is 0.688 bits per heavy atom. The van der Waals surface area contributed by atoms with Gasteiger partial charge in [-0.3, -0.25) is 0 Å². The predicted octanol–water partition coefficient (Wildman–Crippen LogP) is 7.33. The lowest BCUT2D eigenvalue weighted by atomic mass is 9.98. The van der Waals surface area contributed by atoms with E-state index in [0.29, 0.717) is 26.2 Å². The molecular formula is C41H52O6Si. The van der Waals surface area contributed by atoms with Gasteiger partial charge in [-0.25, -0.2) is 0 Å². The zero-order valence-electron chi connectivity index (χ0n) is 29.3. The Kier molecular flexibility index (Phi) is 14.0. The molecule has 0 unspecified atom stereocenters. The van der Waals surface area contributed by atoms with Crippen LogP contribution in [0.1, 0.15) is 45.2 Å². The minimum Gasteiger partial charge on any atom is -0.497 e. The van der Waals surface area contributed by atoms with Gasteiger partial charge in [0, 0.05) is 12.3 Å². The van der Waals surface area contributed by atoms with Crippen LogP contribution < -0.4 is 19.8 Å². The zero-order valence-corrected chi connectivity index (χ0v) is 30.3. The molecule has 4 aromatic carbocycles. The van der Waals surface area contributed by atoms with Gasteiger partial charge in [0.2, 0.25) is 0 Å². The molecule has 7 heteroatoms. The summed E-state index contributed by atoms with van der Waals surface area (Å²) in [7, 11) is 0.525. The van der Waals surface area contributed by atoms with E-state index in [1.807, 2.05) is 54.6 Å². The summed E-state index contributed by atoms with van der Waals surface area (Å²) in [5, 5.41) is 11.8. The molecule has 0 spiro atoms. The lowest BCUT2D eigenvalue weighted by Gasteiger charge is -2.44. The molecule has 0 fully saturated rings.